The largest absolute Gasteiger partial charge is 0.395 e. The molecule has 3 aromatic carbocycles. The number of nitrogens with zero attached hydrogens (tertiary/aromatic N) is 7. The van der Waals surface area contributed by atoms with E-state index in [4.69, 9.17) is 21.0 Å². The molecule has 10 N–H and O–H groups in total. The molecule has 0 spiro atoms. The molecule has 2 heterocycles. The smallest absolute Gasteiger partial charge is 0.276 e. The van der Waals surface area contributed by atoms with Crippen LogP contribution in [0.2, 0.25) is 0 Å². The highest BCUT2D eigenvalue weighted by atomic mass is 17.1. The van der Waals surface area contributed by atoms with Crippen molar-refractivity contribution in [2.24, 2.45) is 10.2 Å². The maximum atomic E-state index is 13.6. The van der Waals surface area contributed by atoms with E-state index in [0.29, 0.717) is 50.6 Å². The Kier molecular flexibility index (Phi) is 16.0. The van der Waals surface area contributed by atoms with E-state index in [1.807, 2.05) is 13.0 Å². The van der Waals surface area contributed by atoms with Crippen molar-refractivity contribution in [3.05, 3.63) is 110 Å². The van der Waals surface area contributed by atoms with E-state index < -0.39 is 5.56 Å². The van der Waals surface area contributed by atoms with Crippen LogP contribution in [0.1, 0.15) is 38.9 Å². The van der Waals surface area contributed by atoms with Crippen molar-refractivity contribution in [1.29, 1.82) is 5.26 Å². The van der Waals surface area contributed by atoms with Crippen LogP contribution >= 0.6 is 0 Å². The predicted octanol–water partition coefficient (Wildman–Crippen LogP) is 5.59. The van der Waals surface area contributed by atoms with Crippen LogP contribution < -0.4 is 32.4 Å². The fourth-order valence-corrected chi connectivity index (χ4v) is 5.71. The molecule has 0 atom stereocenters. The maximum absolute atomic E-state index is 13.6. The summed E-state index contributed by atoms with van der Waals surface area (Å²) < 4.78 is 1.36. The Morgan fingerprint density at radius 3 is 1.86 bits per heavy atom. The lowest BCUT2D eigenvalue weighted by Crippen LogP contribution is -2.29. The molecule has 0 aliphatic carbocycles. The van der Waals surface area contributed by atoms with Crippen LogP contribution in [0, 0.1) is 25.2 Å². The number of benzene rings is 3. The van der Waals surface area contributed by atoms with Gasteiger partial charge in [0.1, 0.15) is 38.2 Å². The highest BCUT2D eigenvalue weighted by molar-refractivity contribution is 5.62. The number of hydrogen-bond donors (Lipinski definition) is 10. The zero-order valence-corrected chi connectivity index (χ0v) is 31.8. The van der Waals surface area contributed by atoms with Gasteiger partial charge in [0.25, 0.3) is 5.56 Å². The van der Waals surface area contributed by atoms with Crippen LogP contribution in [-0.2, 0) is 52.5 Å². The Morgan fingerprint density at radius 1 is 0.729 bits per heavy atom. The number of hydrazine groups is 1. The maximum Gasteiger partial charge on any atom is 0.276 e. The number of hydrogen-bond acceptors (Lipinski definition) is 21. The fourth-order valence-electron chi connectivity index (χ4n) is 5.71. The number of rotatable bonds is 22. The molecule has 5 aromatic rings. The molecule has 5 rings (SSSR count). The summed E-state index contributed by atoms with van der Waals surface area (Å²) in [6.45, 7) is 3.27. The van der Waals surface area contributed by atoms with Crippen LogP contribution in [0.15, 0.2) is 75.8 Å². The van der Waals surface area contributed by atoms with E-state index in [-0.39, 0.29) is 81.8 Å². The standard InChI is InChI=1S/C37H42N12O10/c1-22-9-29(3-4-32(22)47-45-30-12-24(18-56-52)10-25(13-30)19-57-53)41-37-43-35(42-36(44-37)40-6-8-50)39-5-7-49-17-28(16-38)23(2)33(34(49)51)48-46-31-14-26(20-58-54)11-27(15-31)21-59-55/h3-4,9-15,17,46,48,50,52-55H,5-8,18-21H2,1-2H3,(H3,39,40,41,42,43,44). The number of pyridine rings is 1. The van der Waals surface area contributed by atoms with Crippen molar-refractivity contribution in [1.82, 2.24) is 19.5 Å². The molecule has 0 amide bonds. The van der Waals surface area contributed by atoms with Crippen LogP contribution in [0.3, 0.4) is 0 Å². The molecule has 59 heavy (non-hydrogen) atoms. The number of nitrogens with one attached hydrogen (secondary N) is 5. The van der Waals surface area contributed by atoms with Crippen LogP contribution in [0.4, 0.5) is 46.3 Å². The van der Waals surface area contributed by atoms with Gasteiger partial charge >= 0.3 is 0 Å². The summed E-state index contributed by atoms with van der Waals surface area (Å²) >= 11 is 0. The highest BCUT2D eigenvalue weighted by Crippen LogP contribution is 2.28. The van der Waals surface area contributed by atoms with E-state index in [0.717, 1.165) is 5.56 Å². The predicted molar refractivity (Wildman–Crippen MR) is 212 cm³/mol. The summed E-state index contributed by atoms with van der Waals surface area (Å²) in [5.41, 5.74) is 11.3. The molecule has 0 aliphatic rings. The molecule has 0 fully saturated rings. The third kappa shape index (κ3) is 12.4. The molecule has 22 heteroatoms. The molecule has 0 saturated heterocycles. The van der Waals surface area contributed by atoms with Crippen molar-refractivity contribution >= 4 is 46.3 Å². The zero-order chi connectivity index (χ0) is 42.1. The lowest BCUT2D eigenvalue weighted by molar-refractivity contribution is -0.254. The normalized spacial score (nSPS) is 11.1. The lowest BCUT2D eigenvalue weighted by Gasteiger charge is -2.17. The van der Waals surface area contributed by atoms with Gasteiger partial charge in [-0.3, -0.25) is 31.2 Å². The van der Waals surface area contributed by atoms with Crippen molar-refractivity contribution in [3.63, 3.8) is 0 Å². The Hall–Kier alpha value is -6.65. The lowest BCUT2D eigenvalue weighted by atomic mass is 10.1. The third-order valence-corrected chi connectivity index (χ3v) is 8.40. The Morgan fingerprint density at radius 2 is 1.31 bits per heavy atom. The highest BCUT2D eigenvalue weighted by Gasteiger charge is 2.15. The van der Waals surface area contributed by atoms with E-state index in [2.05, 4.69) is 77.6 Å². The summed E-state index contributed by atoms with van der Waals surface area (Å²) in [4.78, 5) is 43.8. The van der Waals surface area contributed by atoms with Gasteiger partial charge in [0.2, 0.25) is 17.8 Å². The van der Waals surface area contributed by atoms with Gasteiger partial charge in [0.15, 0.2) is 0 Å². The summed E-state index contributed by atoms with van der Waals surface area (Å²) in [5.74, 6) is 0.486. The van der Waals surface area contributed by atoms with Gasteiger partial charge in [0.05, 0.1) is 29.2 Å². The van der Waals surface area contributed by atoms with Crippen molar-refractivity contribution < 1.29 is 45.7 Å². The zero-order valence-electron chi connectivity index (χ0n) is 31.8. The first-order valence-corrected chi connectivity index (χ1v) is 17.8. The van der Waals surface area contributed by atoms with Gasteiger partial charge in [-0.1, -0.05) is 12.1 Å². The van der Waals surface area contributed by atoms with Gasteiger partial charge in [-0.25, -0.2) is 19.6 Å². The summed E-state index contributed by atoms with van der Waals surface area (Å²) in [6.07, 6.45) is 1.45. The van der Waals surface area contributed by atoms with Crippen molar-refractivity contribution in [2.45, 2.75) is 46.8 Å². The first-order valence-electron chi connectivity index (χ1n) is 17.8. The monoisotopic (exact) mass is 814 g/mol. The van der Waals surface area contributed by atoms with E-state index in [1.165, 1.54) is 10.8 Å². The molecule has 0 unspecified atom stereocenters. The third-order valence-electron chi connectivity index (χ3n) is 8.40. The topological polar surface area (TPSA) is 307 Å². The average Bonchev–Trinajstić information content (AvgIpc) is 3.21. The summed E-state index contributed by atoms with van der Waals surface area (Å²) in [7, 11) is 0. The second-order valence-corrected chi connectivity index (χ2v) is 12.8. The summed E-state index contributed by atoms with van der Waals surface area (Å²) in [5, 5.41) is 72.6. The van der Waals surface area contributed by atoms with Crippen LogP contribution in [-0.4, -0.2) is 65.4 Å². The Bertz CT molecular complexity index is 2290. The minimum Gasteiger partial charge on any atom is -0.395 e. The van der Waals surface area contributed by atoms with E-state index in [1.54, 1.807) is 55.5 Å². The summed E-state index contributed by atoms with van der Waals surface area (Å²) in [6, 6.07) is 17.4. The van der Waals surface area contributed by atoms with E-state index in [9.17, 15) is 15.2 Å². The fraction of sp³-hybridized carbons (Fsp3) is 0.270. The molecule has 0 saturated carbocycles. The Balaban J connectivity index is 1.30. The van der Waals surface area contributed by atoms with Crippen molar-refractivity contribution in [3.8, 4) is 6.07 Å². The van der Waals surface area contributed by atoms with Crippen molar-refractivity contribution in [2.75, 3.05) is 46.5 Å². The molecule has 0 radical (unpaired) electrons. The average molecular weight is 815 g/mol. The SMILES string of the molecule is Cc1cc(Nc2nc(NCCO)nc(NCCn3cc(C#N)c(C)c(NNc4cc(COO)cc(COO)c4)c3=O)n2)ccc1N=Nc1cc(COO)cc(COO)c1. The second kappa shape index (κ2) is 21.8. The first-order chi connectivity index (χ1) is 28.7. The van der Waals surface area contributed by atoms with Gasteiger partial charge in [-0.05, 0) is 89.7 Å². The molecular formula is C37H42N12O10. The molecule has 22 nitrogen and oxygen atoms in total. The van der Waals surface area contributed by atoms with Crippen LogP contribution in [0.5, 0.6) is 0 Å². The molecule has 310 valence electrons. The first kappa shape index (κ1) is 43.5. The number of nitriles is 1. The van der Waals surface area contributed by atoms with Crippen LogP contribution in [0.25, 0.3) is 0 Å². The van der Waals surface area contributed by atoms with Gasteiger partial charge in [0, 0.05) is 31.5 Å². The number of aliphatic hydroxyl groups is 1. The number of anilines is 6. The Labute approximate surface area is 336 Å². The van der Waals surface area contributed by atoms with Gasteiger partial charge in [-0.2, -0.15) is 30.4 Å². The number of azo groups is 1. The quantitative estimate of drug-likeness (QED) is 0.0231. The number of aromatic nitrogens is 4. The molecule has 2 aromatic heterocycles. The minimum absolute atomic E-state index is 0.0906. The molecular weight excluding hydrogens is 772 g/mol. The number of aliphatic hydroxyl groups excluding tert-OH is 1. The van der Waals surface area contributed by atoms with E-state index >= 15 is 0 Å². The number of aryl methyl sites for hydroxylation is 1. The molecule has 0 bridgehead atoms. The van der Waals surface area contributed by atoms with Gasteiger partial charge < -0.3 is 31.0 Å². The van der Waals surface area contributed by atoms with Gasteiger partial charge in [-0.15, -0.1) is 0 Å². The second-order valence-electron chi connectivity index (χ2n) is 12.8. The molecule has 0 aliphatic heterocycles. The minimum atomic E-state index is -0.433.